The molecule has 7 heteroatoms. The van der Waals surface area contributed by atoms with Crippen molar-refractivity contribution in [2.24, 2.45) is 0 Å². The van der Waals surface area contributed by atoms with Crippen LogP contribution in [0.3, 0.4) is 0 Å². The minimum absolute atomic E-state index is 0.693. The van der Waals surface area contributed by atoms with Gasteiger partial charge in [-0.2, -0.15) is 0 Å². The Kier molecular flexibility index (Phi) is 7.82. The molecule has 4 aromatic carbocycles. The van der Waals surface area contributed by atoms with Gasteiger partial charge < -0.3 is 4.74 Å². The minimum Gasteiger partial charge on any atom is -0.453 e. The molecule has 156 valence electrons. The Balaban J connectivity index is 1.84. The van der Waals surface area contributed by atoms with Crippen LogP contribution in [0.25, 0.3) is 22.3 Å². The van der Waals surface area contributed by atoms with Gasteiger partial charge in [0.15, 0.2) is 11.5 Å². The van der Waals surface area contributed by atoms with E-state index in [1.165, 1.54) is 0 Å². The van der Waals surface area contributed by atoms with E-state index in [1.54, 1.807) is 0 Å². The zero-order chi connectivity index (χ0) is 22.1. The monoisotopic (exact) mass is 790 g/mol. The van der Waals surface area contributed by atoms with Gasteiger partial charge in [0.1, 0.15) is 0 Å². The SMILES string of the molecule is Brc1ccccc1-c1ccc(Br)c(Oc2c(Br)ccc(-c3ccccc3Br)c2Br)c1Br. The maximum Gasteiger partial charge on any atom is 0.156 e. The van der Waals surface area contributed by atoms with Gasteiger partial charge in [0.25, 0.3) is 0 Å². The van der Waals surface area contributed by atoms with Crippen molar-refractivity contribution >= 4 is 95.6 Å². The molecule has 0 N–H and O–H groups in total. The molecule has 0 aliphatic heterocycles. The predicted octanol–water partition coefficient (Wildman–Crippen LogP) is 11.4. The van der Waals surface area contributed by atoms with Crippen molar-refractivity contribution in [2.75, 3.05) is 0 Å². The largest absolute Gasteiger partial charge is 0.453 e. The van der Waals surface area contributed by atoms with E-state index < -0.39 is 0 Å². The molecule has 4 rings (SSSR count). The van der Waals surface area contributed by atoms with E-state index in [4.69, 9.17) is 4.74 Å². The normalized spacial score (nSPS) is 10.9. The van der Waals surface area contributed by atoms with Gasteiger partial charge >= 0.3 is 0 Å². The summed E-state index contributed by atoms with van der Waals surface area (Å²) in [7, 11) is 0. The fraction of sp³-hybridized carbons (Fsp3) is 0. The standard InChI is InChI=1S/C24H12Br6O/c25-17-7-3-1-5-13(17)15-9-11-19(27)23(21(15)29)31-24-20(28)12-10-16(22(24)30)14-6-2-4-8-18(14)26/h1-12H. The van der Waals surface area contributed by atoms with Crippen LogP contribution in [-0.4, -0.2) is 0 Å². The molecule has 0 heterocycles. The van der Waals surface area contributed by atoms with E-state index >= 15 is 0 Å². The third-order valence-electron chi connectivity index (χ3n) is 4.63. The first-order valence-electron chi connectivity index (χ1n) is 9.02. The summed E-state index contributed by atoms with van der Waals surface area (Å²) >= 11 is 22.1. The zero-order valence-corrected chi connectivity index (χ0v) is 25.1. The summed E-state index contributed by atoms with van der Waals surface area (Å²) in [5, 5.41) is 0. The summed E-state index contributed by atoms with van der Waals surface area (Å²) in [4.78, 5) is 0. The lowest BCUT2D eigenvalue weighted by Crippen LogP contribution is -1.94. The van der Waals surface area contributed by atoms with Crippen LogP contribution in [0.15, 0.2) is 99.6 Å². The zero-order valence-electron chi connectivity index (χ0n) is 15.6. The average molecular weight is 796 g/mol. The van der Waals surface area contributed by atoms with Crippen molar-refractivity contribution in [1.82, 2.24) is 0 Å². The quantitative estimate of drug-likeness (QED) is 0.200. The Labute approximate surface area is 231 Å². The molecule has 0 aliphatic carbocycles. The highest BCUT2D eigenvalue weighted by Crippen LogP contribution is 2.49. The maximum absolute atomic E-state index is 6.49. The number of benzene rings is 4. The van der Waals surface area contributed by atoms with E-state index in [9.17, 15) is 0 Å². The van der Waals surface area contributed by atoms with E-state index in [0.717, 1.165) is 49.1 Å². The van der Waals surface area contributed by atoms with Crippen LogP contribution in [0.5, 0.6) is 11.5 Å². The molecule has 31 heavy (non-hydrogen) atoms. The van der Waals surface area contributed by atoms with Gasteiger partial charge in [-0.05, 0) is 99.1 Å². The van der Waals surface area contributed by atoms with Crippen LogP contribution in [0.2, 0.25) is 0 Å². The van der Waals surface area contributed by atoms with Crippen LogP contribution in [0, 0.1) is 0 Å². The molecule has 0 fully saturated rings. The lowest BCUT2D eigenvalue weighted by atomic mass is 10.1. The molecule has 1 nitrogen and oxygen atoms in total. The number of hydrogen-bond donors (Lipinski definition) is 0. The molecule has 0 aliphatic rings. The summed E-state index contributed by atoms with van der Waals surface area (Å²) < 4.78 is 11.9. The van der Waals surface area contributed by atoms with Gasteiger partial charge in [-0.1, -0.05) is 80.4 Å². The first kappa shape index (κ1) is 23.7. The Morgan fingerprint density at radius 2 is 0.774 bits per heavy atom. The predicted molar refractivity (Wildman–Crippen MR) is 150 cm³/mol. The smallest absolute Gasteiger partial charge is 0.156 e. The summed E-state index contributed by atoms with van der Waals surface area (Å²) in [6, 6.07) is 24.3. The van der Waals surface area contributed by atoms with Gasteiger partial charge in [0.05, 0.1) is 17.9 Å². The van der Waals surface area contributed by atoms with Gasteiger partial charge in [-0.25, -0.2) is 0 Å². The van der Waals surface area contributed by atoms with Gasteiger partial charge in [0, 0.05) is 20.1 Å². The molecule has 0 amide bonds. The fourth-order valence-electron chi connectivity index (χ4n) is 3.13. The van der Waals surface area contributed by atoms with Crippen molar-refractivity contribution in [3.05, 3.63) is 99.6 Å². The lowest BCUT2D eigenvalue weighted by Gasteiger charge is -2.18. The van der Waals surface area contributed by atoms with Crippen molar-refractivity contribution in [3.63, 3.8) is 0 Å². The highest BCUT2D eigenvalue weighted by Gasteiger charge is 2.20. The fourth-order valence-corrected chi connectivity index (χ4v) is 6.76. The number of ether oxygens (including phenoxy) is 1. The number of halogens is 6. The maximum atomic E-state index is 6.49. The topological polar surface area (TPSA) is 9.23 Å². The highest BCUT2D eigenvalue weighted by molar-refractivity contribution is 9.11. The Hall–Kier alpha value is -0.440. The first-order chi connectivity index (χ1) is 14.9. The second kappa shape index (κ2) is 10.2. The molecule has 0 spiro atoms. The molecule has 0 aromatic heterocycles. The van der Waals surface area contributed by atoms with Gasteiger partial charge in [0.2, 0.25) is 0 Å². The Morgan fingerprint density at radius 3 is 1.16 bits per heavy atom. The number of hydrogen-bond acceptors (Lipinski definition) is 1. The molecule has 4 aromatic rings. The van der Waals surface area contributed by atoms with Crippen molar-refractivity contribution in [1.29, 1.82) is 0 Å². The average Bonchev–Trinajstić information content (AvgIpc) is 2.75. The summed E-state index contributed by atoms with van der Waals surface area (Å²) in [6.45, 7) is 0. The lowest BCUT2D eigenvalue weighted by molar-refractivity contribution is 0.471. The van der Waals surface area contributed by atoms with Crippen LogP contribution in [0.4, 0.5) is 0 Å². The van der Waals surface area contributed by atoms with Crippen LogP contribution in [-0.2, 0) is 0 Å². The van der Waals surface area contributed by atoms with Crippen LogP contribution in [0.1, 0.15) is 0 Å². The summed E-state index contributed by atoms with van der Waals surface area (Å²) in [5.41, 5.74) is 4.21. The first-order valence-corrected chi connectivity index (χ1v) is 13.8. The minimum atomic E-state index is 0.693. The number of rotatable bonds is 4. The third-order valence-corrected chi connectivity index (χ3v) is 8.84. The molecule has 0 atom stereocenters. The molecule has 0 saturated carbocycles. The highest BCUT2D eigenvalue weighted by atomic mass is 79.9. The molecule has 0 unspecified atom stereocenters. The second-order valence-corrected chi connectivity index (χ2v) is 11.5. The summed E-state index contributed by atoms with van der Waals surface area (Å²) in [6.07, 6.45) is 0. The van der Waals surface area contributed by atoms with Gasteiger partial charge in [-0.3, -0.25) is 0 Å². The molecular weight excluding hydrogens is 784 g/mol. The third kappa shape index (κ3) is 4.92. The molecular formula is C24H12Br6O. The second-order valence-electron chi connectivity index (χ2n) is 6.54. The van der Waals surface area contributed by atoms with E-state index in [0.29, 0.717) is 11.5 Å². The van der Waals surface area contributed by atoms with Crippen molar-refractivity contribution in [3.8, 4) is 33.8 Å². The molecule has 0 saturated heterocycles. The summed E-state index contributed by atoms with van der Waals surface area (Å²) in [5.74, 6) is 1.39. The van der Waals surface area contributed by atoms with Gasteiger partial charge in [-0.15, -0.1) is 0 Å². The van der Waals surface area contributed by atoms with Crippen LogP contribution < -0.4 is 4.74 Å². The van der Waals surface area contributed by atoms with Crippen LogP contribution >= 0.6 is 95.6 Å². The molecule has 0 bridgehead atoms. The Bertz CT molecular complexity index is 1190. The van der Waals surface area contributed by atoms with Crippen molar-refractivity contribution in [2.45, 2.75) is 0 Å². The van der Waals surface area contributed by atoms with E-state index in [-0.39, 0.29) is 0 Å². The Morgan fingerprint density at radius 1 is 0.387 bits per heavy atom. The van der Waals surface area contributed by atoms with Crippen molar-refractivity contribution < 1.29 is 4.74 Å². The van der Waals surface area contributed by atoms with E-state index in [1.807, 2.05) is 48.5 Å². The van der Waals surface area contributed by atoms with E-state index in [2.05, 4.69) is 120 Å². The molecule has 0 radical (unpaired) electrons.